The second-order valence-electron chi connectivity index (χ2n) is 22.9. The zero-order valence-corrected chi connectivity index (χ0v) is 47.9. The molecule has 0 atom stereocenters. The fourth-order valence-corrected chi connectivity index (χ4v) is 17.0. The van der Waals surface area contributed by atoms with Gasteiger partial charge in [-0.15, -0.1) is 0 Å². The number of hydrogen-bond acceptors (Lipinski definition) is 0. The van der Waals surface area contributed by atoms with Gasteiger partial charge >= 0.3 is 0 Å². The Labute approximate surface area is 417 Å². The topological polar surface area (TPSA) is 0 Å². The highest BCUT2D eigenvalue weighted by atomic mass is 28.3. The second kappa shape index (κ2) is 58.5. The summed E-state index contributed by atoms with van der Waals surface area (Å²) < 4.78 is 0. The normalized spacial score (nSPS) is 12.0. The maximum Gasteiger partial charge on any atom is 0.0535 e. The summed E-state index contributed by atoms with van der Waals surface area (Å²) in [5, 5.41) is 0. The average Bonchev–Trinajstić information content (AvgIpc) is 3.32. The molecule has 0 heterocycles. The SMILES string of the molecule is CCCCCCCCCCCCCCCC[Si](CCCCCCCCCCCCCCCC)(CCCCCCCCCCCCCCCC)CCCCCCCCCCCCCCCC. The largest absolute Gasteiger partial charge is 0.0654 e. The highest BCUT2D eigenvalue weighted by Gasteiger charge is 2.30. The van der Waals surface area contributed by atoms with Crippen molar-refractivity contribution in [3.05, 3.63) is 0 Å². The fraction of sp³-hybridized carbons (Fsp3) is 1.00. The molecule has 1 heteroatoms. The van der Waals surface area contributed by atoms with Crippen molar-refractivity contribution in [1.29, 1.82) is 0 Å². The molecule has 0 saturated carbocycles. The fourth-order valence-electron chi connectivity index (χ4n) is 11.5. The zero-order valence-electron chi connectivity index (χ0n) is 46.9. The molecule has 0 fully saturated rings. The Morgan fingerprint density at radius 2 is 0.215 bits per heavy atom. The zero-order chi connectivity index (χ0) is 46.9. The van der Waals surface area contributed by atoms with Gasteiger partial charge in [-0.05, 0) is 0 Å². The molecule has 0 amide bonds. The van der Waals surface area contributed by atoms with Gasteiger partial charge in [-0.25, -0.2) is 0 Å². The second-order valence-corrected chi connectivity index (χ2v) is 27.9. The molecule has 0 aromatic carbocycles. The van der Waals surface area contributed by atoms with Gasteiger partial charge in [-0.2, -0.15) is 0 Å². The van der Waals surface area contributed by atoms with E-state index in [0.717, 1.165) is 0 Å². The van der Waals surface area contributed by atoms with Gasteiger partial charge in [0.1, 0.15) is 0 Å². The van der Waals surface area contributed by atoms with Gasteiger partial charge in [-0.3, -0.25) is 0 Å². The number of rotatable bonds is 60. The first-order valence-corrected chi connectivity index (χ1v) is 35.1. The third-order valence-electron chi connectivity index (χ3n) is 16.2. The molecular formula is C64H132Si. The first kappa shape index (κ1) is 65.2. The van der Waals surface area contributed by atoms with Gasteiger partial charge in [0.05, 0.1) is 8.07 Å². The average molecular weight is 930 g/mol. The van der Waals surface area contributed by atoms with E-state index in [1.807, 2.05) is 0 Å². The lowest BCUT2D eigenvalue weighted by Crippen LogP contribution is -2.34. The van der Waals surface area contributed by atoms with Crippen molar-refractivity contribution in [3.63, 3.8) is 0 Å². The number of hydrogen-bond donors (Lipinski definition) is 0. The van der Waals surface area contributed by atoms with Gasteiger partial charge in [-0.1, -0.05) is 411 Å². The van der Waals surface area contributed by atoms with Crippen LogP contribution in [0.3, 0.4) is 0 Å². The molecule has 0 radical (unpaired) electrons. The Hall–Kier alpha value is 0.217. The molecule has 0 nitrogen and oxygen atoms in total. The van der Waals surface area contributed by atoms with Crippen molar-refractivity contribution >= 4 is 8.07 Å². The standard InChI is InChI=1S/C64H132Si/c1-5-9-13-17-21-25-29-33-37-41-45-49-53-57-61-65(62-58-54-50-46-42-38-34-30-26-22-18-14-10-6-2,63-59-55-51-47-43-39-35-31-27-23-19-15-11-7-3)64-60-56-52-48-44-40-36-32-28-24-20-16-12-8-4/h5-64H2,1-4H3. The molecule has 0 bridgehead atoms. The van der Waals surface area contributed by atoms with E-state index in [4.69, 9.17) is 0 Å². The van der Waals surface area contributed by atoms with E-state index < -0.39 is 8.07 Å². The van der Waals surface area contributed by atoms with Gasteiger partial charge in [0.2, 0.25) is 0 Å². The van der Waals surface area contributed by atoms with Crippen molar-refractivity contribution in [3.8, 4) is 0 Å². The predicted molar refractivity (Wildman–Crippen MR) is 306 cm³/mol. The minimum atomic E-state index is -1.21. The van der Waals surface area contributed by atoms with Gasteiger partial charge in [0.25, 0.3) is 0 Å². The van der Waals surface area contributed by atoms with Crippen molar-refractivity contribution in [1.82, 2.24) is 0 Å². The molecule has 0 aliphatic rings. The molecule has 0 rings (SSSR count). The van der Waals surface area contributed by atoms with E-state index >= 15 is 0 Å². The summed E-state index contributed by atoms with van der Waals surface area (Å²) in [5.74, 6) is 0. The summed E-state index contributed by atoms with van der Waals surface area (Å²) in [4.78, 5) is 0. The lowest BCUT2D eigenvalue weighted by Gasteiger charge is -2.33. The first-order valence-electron chi connectivity index (χ1n) is 32.2. The smallest absolute Gasteiger partial charge is 0.0535 e. The molecule has 0 unspecified atom stereocenters. The van der Waals surface area contributed by atoms with Crippen LogP contribution in [-0.2, 0) is 0 Å². The van der Waals surface area contributed by atoms with E-state index in [2.05, 4.69) is 27.7 Å². The summed E-state index contributed by atoms with van der Waals surface area (Å²) in [6, 6.07) is 6.78. The minimum absolute atomic E-state index is 1.21. The summed E-state index contributed by atoms with van der Waals surface area (Å²) in [5.41, 5.74) is 0. The van der Waals surface area contributed by atoms with Crippen molar-refractivity contribution < 1.29 is 0 Å². The summed E-state index contributed by atoms with van der Waals surface area (Å²) in [7, 11) is -1.21. The van der Waals surface area contributed by atoms with Gasteiger partial charge in [0.15, 0.2) is 0 Å². The van der Waals surface area contributed by atoms with Crippen LogP contribution in [-0.4, -0.2) is 8.07 Å². The molecule has 0 N–H and O–H groups in total. The highest BCUT2D eigenvalue weighted by molar-refractivity contribution is 6.79. The summed E-state index contributed by atoms with van der Waals surface area (Å²) in [6.07, 6.45) is 83.8. The molecule has 65 heavy (non-hydrogen) atoms. The van der Waals surface area contributed by atoms with E-state index in [1.165, 1.54) is 308 Å². The monoisotopic (exact) mass is 929 g/mol. The Morgan fingerprint density at radius 3 is 0.323 bits per heavy atom. The van der Waals surface area contributed by atoms with Crippen LogP contribution in [0.4, 0.5) is 0 Å². The minimum Gasteiger partial charge on any atom is -0.0654 e. The molecule has 0 aromatic rings. The van der Waals surface area contributed by atoms with Crippen LogP contribution < -0.4 is 0 Å². The van der Waals surface area contributed by atoms with Crippen LogP contribution in [0.2, 0.25) is 24.2 Å². The molecular weight excluding hydrogens is 797 g/mol. The van der Waals surface area contributed by atoms with Gasteiger partial charge in [0, 0.05) is 0 Å². The van der Waals surface area contributed by atoms with E-state index in [1.54, 1.807) is 75.5 Å². The maximum absolute atomic E-state index is 2.34. The Balaban J connectivity index is 4.94. The lowest BCUT2D eigenvalue weighted by atomic mass is 10.0. The lowest BCUT2D eigenvalue weighted by molar-refractivity contribution is 0.533. The Bertz CT molecular complexity index is 670. The van der Waals surface area contributed by atoms with Gasteiger partial charge < -0.3 is 0 Å². The molecule has 0 saturated heterocycles. The molecule has 0 spiro atoms. The molecule has 0 aromatic heterocycles. The highest BCUT2D eigenvalue weighted by Crippen LogP contribution is 2.35. The summed E-state index contributed by atoms with van der Waals surface area (Å²) in [6.45, 7) is 9.34. The molecule has 0 aliphatic carbocycles. The quantitative estimate of drug-likeness (QED) is 0.0421. The third-order valence-corrected chi connectivity index (χ3v) is 21.9. The molecule has 0 aliphatic heterocycles. The van der Waals surface area contributed by atoms with E-state index in [-0.39, 0.29) is 0 Å². The van der Waals surface area contributed by atoms with Crippen LogP contribution in [0.1, 0.15) is 387 Å². The molecule has 392 valence electrons. The first-order chi connectivity index (χ1) is 32.2. The third kappa shape index (κ3) is 53.4. The number of unbranched alkanes of at least 4 members (excludes halogenated alkanes) is 52. The summed E-state index contributed by atoms with van der Waals surface area (Å²) >= 11 is 0. The van der Waals surface area contributed by atoms with Crippen LogP contribution in [0.25, 0.3) is 0 Å². The van der Waals surface area contributed by atoms with Crippen LogP contribution in [0, 0.1) is 0 Å². The van der Waals surface area contributed by atoms with Crippen LogP contribution in [0.5, 0.6) is 0 Å². The van der Waals surface area contributed by atoms with Crippen LogP contribution >= 0.6 is 0 Å². The van der Waals surface area contributed by atoms with Crippen molar-refractivity contribution in [2.24, 2.45) is 0 Å². The van der Waals surface area contributed by atoms with Crippen molar-refractivity contribution in [2.75, 3.05) is 0 Å². The van der Waals surface area contributed by atoms with E-state index in [0.29, 0.717) is 0 Å². The van der Waals surface area contributed by atoms with Crippen molar-refractivity contribution in [2.45, 2.75) is 411 Å². The van der Waals surface area contributed by atoms with E-state index in [9.17, 15) is 0 Å². The maximum atomic E-state index is 2.34. The Kier molecular flexibility index (Phi) is 58.7. The Morgan fingerprint density at radius 1 is 0.123 bits per heavy atom. The van der Waals surface area contributed by atoms with Crippen LogP contribution in [0.15, 0.2) is 0 Å². The predicted octanol–water partition coefficient (Wildman–Crippen LogP) is 25.4.